The lowest BCUT2D eigenvalue weighted by molar-refractivity contribution is -0.140. The summed E-state index contributed by atoms with van der Waals surface area (Å²) in [7, 11) is 0. The van der Waals surface area contributed by atoms with Crippen molar-refractivity contribution in [1.82, 2.24) is 0 Å². The number of rotatable bonds is 3. The molecule has 2 atom stereocenters. The molecule has 0 bridgehead atoms. The van der Waals surface area contributed by atoms with Crippen LogP contribution in [0, 0.1) is 28.6 Å². The summed E-state index contributed by atoms with van der Waals surface area (Å²) < 4.78 is 5.75. The van der Waals surface area contributed by atoms with Crippen LogP contribution in [0.4, 0.5) is 0 Å². The molecule has 2 aliphatic carbocycles. The van der Waals surface area contributed by atoms with Crippen molar-refractivity contribution >= 4 is 5.97 Å². The molecule has 0 aromatic rings. The average molecular weight is 363 g/mol. The molecule has 1 N–H and O–H groups in total. The summed E-state index contributed by atoms with van der Waals surface area (Å²) in [5.74, 6) is 1.64. The summed E-state index contributed by atoms with van der Waals surface area (Å²) in [6, 6.07) is 0. The lowest BCUT2D eigenvalue weighted by Crippen LogP contribution is -2.38. The molecule has 2 rings (SSSR count). The molecule has 2 unspecified atom stereocenters. The van der Waals surface area contributed by atoms with E-state index in [4.69, 9.17) is 4.74 Å². The first-order valence-corrected chi connectivity index (χ1v) is 10.2. The molecule has 1 fully saturated rings. The van der Waals surface area contributed by atoms with Crippen molar-refractivity contribution in [3.8, 4) is 0 Å². The van der Waals surface area contributed by atoms with Crippen LogP contribution in [0.15, 0.2) is 23.5 Å². The number of hydrogen-bond donors (Lipinski definition) is 1. The molecule has 0 saturated heterocycles. The molecular formula is C23H38O3. The van der Waals surface area contributed by atoms with Gasteiger partial charge in [-0.25, -0.2) is 0 Å². The van der Waals surface area contributed by atoms with Crippen molar-refractivity contribution in [2.75, 3.05) is 0 Å². The van der Waals surface area contributed by atoms with Crippen molar-refractivity contribution in [3.05, 3.63) is 23.5 Å². The van der Waals surface area contributed by atoms with Gasteiger partial charge in [-0.2, -0.15) is 0 Å². The molecule has 26 heavy (non-hydrogen) atoms. The van der Waals surface area contributed by atoms with Crippen molar-refractivity contribution < 1.29 is 14.6 Å². The first kappa shape index (κ1) is 21.2. The molecule has 3 heteroatoms. The van der Waals surface area contributed by atoms with Gasteiger partial charge in [0.15, 0.2) is 0 Å². The van der Waals surface area contributed by atoms with E-state index >= 15 is 0 Å². The fourth-order valence-corrected chi connectivity index (χ4v) is 4.14. The van der Waals surface area contributed by atoms with E-state index in [-0.39, 0.29) is 22.7 Å². The van der Waals surface area contributed by atoms with E-state index in [1.165, 1.54) is 12.8 Å². The maximum Gasteiger partial charge on any atom is 0.311 e. The fourth-order valence-electron chi connectivity index (χ4n) is 4.14. The predicted octanol–water partition coefficient (Wildman–Crippen LogP) is 5.64. The summed E-state index contributed by atoms with van der Waals surface area (Å²) >= 11 is 0. The van der Waals surface area contributed by atoms with Gasteiger partial charge in [-0.3, -0.25) is 4.79 Å². The molecule has 0 aromatic carbocycles. The van der Waals surface area contributed by atoms with Crippen LogP contribution in [0.3, 0.4) is 0 Å². The molecular weight excluding hydrogens is 324 g/mol. The van der Waals surface area contributed by atoms with E-state index in [1.807, 2.05) is 12.2 Å². The van der Waals surface area contributed by atoms with Gasteiger partial charge >= 0.3 is 5.97 Å². The normalized spacial score (nSPS) is 30.5. The summed E-state index contributed by atoms with van der Waals surface area (Å²) in [5.41, 5.74) is 0.657. The minimum atomic E-state index is -0.544. The third kappa shape index (κ3) is 5.45. The zero-order valence-electron chi connectivity index (χ0n) is 17.8. The van der Waals surface area contributed by atoms with Gasteiger partial charge in [0, 0.05) is 12.3 Å². The number of esters is 1. The van der Waals surface area contributed by atoms with E-state index in [0.29, 0.717) is 18.1 Å². The quantitative estimate of drug-likeness (QED) is 0.661. The van der Waals surface area contributed by atoms with E-state index in [1.54, 1.807) is 0 Å². The maximum absolute atomic E-state index is 12.5. The number of ether oxygens (including phenoxy) is 1. The molecule has 0 radical (unpaired) electrons. The Morgan fingerprint density at radius 1 is 1.12 bits per heavy atom. The second kappa shape index (κ2) is 7.88. The number of carbonyl (C=O) groups is 1. The molecule has 2 aliphatic rings. The van der Waals surface area contributed by atoms with Gasteiger partial charge in [-0.15, -0.1) is 0 Å². The van der Waals surface area contributed by atoms with Gasteiger partial charge in [0.2, 0.25) is 0 Å². The Labute approximate surface area is 159 Å². The lowest BCUT2D eigenvalue weighted by atomic mass is 9.68. The van der Waals surface area contributed by atoms with Crippen LogP contribution in [0.5, 0.6) is 0 Å². The number of aliphatic hydroxyl groups is 1. The van der Waals surface area contributed by atoms with Crippen LogP contribution >= 0.6 is 0 Å². The maximum atomic E-state index is 12.5. The number of allylic oxidation sites excluding steroid dienone is 1. The zero-order valence-corrected chi connectivity index (χ0v) is 17.8. The second-order valence-electron chi connectivity index (χ2n) is 10.6. The summed E-state index contributed by atoms with van der Waals surface area (Å²) in [4.78, 5) is 12.5. The summed E-state index contributed by atoms with van der Waals surface area (Å²) in [6.45, 7) is 14.9. The van der Waals surface area contributed by atoms with Crippen LogP contribution in [-0.4, -0.2) is 17.2 Å². The first-order chi connectivity index (χ1) is 11.9. The largest absolute Gasteiger partial charge is 0.427 e. The Morgan fingerprint density at radius 3 is 2.19 bits per heavy atom. The van der Waals surface area contributed by atoms with Gasteiger partial charge in [0.25, 0.3) is 0 Å². The predicted molar refractivity (Wildman–Crippen MR) is 106 cm³/mol. The third-order valence-corrected chi connectivity index (χ3v) is 5.99. The van der Waals surface area contributed by atoms with Crippen molar-refractivity contribution in [2.24, 2.45) is 28.6 Å². The fraction of sp³-hybridized carbons (Fsp3) is 0.783. The van der Waals surface area contributed by atoms with Crippen molar-refractivity contribution in [2.45, 2.75) is 86.7 Å². The van der Waals surface area contributed by atoms with Crippen LogP contribution < -0.4 is 0 Å². The molecule has 148 valence electrons. The van der Waals surface area contributed by atoms with E-state index in [9.17, 15) is 9.90 Å². The van der Waals surface area contributed by atoms with Crippen molar-refractivity contribution in [1.29, 1.82) is 0 Å². The zero-order chi connectivity index (χ0) is 19.7. The van der Waals surface area contributed by atoms with Crippen LogP contribution in [0.25, 0.3) is 0 Å². The number of hydrogen-bond acceptors (Lipinski definition) is 3. The average Bonchev–Trinajstić information content (AvgIpc) is 2.49. The number of carbonyl (C=O) groups excluding carboxylic acids is 1. The summed E-state index contributed by atoms with van der Waals surface area (Å²) in [6.07, 6.45) is 8.47. The highest BCUT2D eigenvalue weighted by Gasteiger charge is 2.38. The van der Waals surface area contributed by atoms with Gasteiger partial charge < -0.3 is 9.84 Å². The minimum Gasteiger partial charge on any atom is -0.427 e. The highest BCUT2D eigenvalue weighted by atomic mass is 16.5. The summed E-state index contributed by atoms with van der Waals surface area (Å²) in [5, 5.41) is 10.9. The van der Waals surface area contributed by atoms with Crippen LogP contribution in [0.1, 0.15) is 80.6 Å². The van der Waals surface area contributed by atoms with Gasteiger partial charge in [-0.05, 0) is 53.2 Å². The molecule has 0 aromatic heterocycles. The minimum absolute atomic E-state index is 0.0694. The third-order valence-electron chi connectivity index (χ3n) is 5.99. The highest BCUT2D eigenvalue weighted by molar-refractivity contribution is 5.71. The Balaban J connectivity index is 2.12. The molecule has 3 nitrogen and oxygen atoms in total. The Morgan fingerprint density at radius 2 is 1.69 bits per heavy atom. The topological polar surface area (TPSA) is 46.5 Å². The second-order valence-corrected chi connectivity index (χ2v) is 10.6. The Kier molecular flexibility index (Phi) is 6.43. The lowest BCUT2D eigenvalue weighted by Gasteiger charge is -2.40. The Bertz CT molecular complexity index is 563. The Hall–Kier alpha value is -1.09. The van der Waals surface area contributed by atoms with E-state index in [2.05, 4.69) is 48.5 Å². The molecule has 0 aliphatic heterocycles. The first-order valence-electron chi connectivity index (χ1n) is 10.2. The molecule has 0 heterocycles. The van der Waals surface area contributed by atoms with E-state index in [0.717, 1.165) is 24.3 Å². The standard InChI is InChI=1S/C23H38O3/c1-15-8-10-16(11-9-15)12-20(24)26-17-13-18(22(2,3)4)21(25)19(14-17)23(5,6)7/h13-16,18,21,25H,8-12H2,1-7H3. The molecule has 0 amide bonds. The SMILES string of the molecule is CC1CCC(CC(=O)OC2=CC(C(C)(C)C)C(O)C(C(C)(C)C)=C2)CC1. The highest BCUT2D eigenvalue weighted by Crippen LogP contribution is 2.42. The van der Waals surface area contributed by atoms with Gasteiger partial charge in [0.05, 0.1) is 6.10 Å². The van der Waals surface area contributed by atoms with Gasteiger partial charge in [-0.1, -0.05) is 61.3 Å². The van der Waals surface area contributed by atoms with Crippen LogP contribution in [-0.2, 0) is 9.53 Å². The van der Waals surface area contributed by atoms with Crippen LogP contribution in [0.2, 0.25) is 0 Å². The van der Waals surface area contributed by atoms with E-state index < -0.39 is 6.10 Å². The molecule has 0 spiro atoms. The monoisotopic (exact) mass is 362 g/mol. The number of aliphatic hydroxyl groups excluding tert-OH is 1. The van der Waals surface area contributed by atoms with Gasteiger partial charge in [0.1, 0.15) is 5.76 Å². The van der Waals surface area contributed by atoms with Crippen molar-refractivity contribution in [3.63, 3.8) is 0 Å². The smallest absolute Gasteiger partial charge is 0.311 e. The molecule has 1 saturated carbocycles.